The maximum Gasteiger partial charge on any atom is 0.345 e. The van der Waals surface area contributed by atoms with Gasteiger partial charge in [-0.1, -0.05) is 18.2 Å². The molecule has 0 amide bonds. The number of pyridine rings is 2. The summed E-state index contributed by atoms with van der Waals surface area (Å²) in [5.74, 6) is 0. The first-order chi connectivity index (χ1) is 10.8. The Morgan fingerprint density at radius 2 is 1.86 bits per heavy atom. The molecule has 0 aliphatic rings. The second-order valence-electron chi connectivity index (χ2n) is 5.39. The lowest BCUT2D eigenvalue weighted by atomic mass is 10.1. The van der Waals surface area contributed by atoms with Crippen LogP contribution in [0.15, 0.2) is 70.3 Å². The maximum absolute atomic E-state index is 11.8. The smallest absolute Gasteiger partial charge is 0.345 e. The van der Waals surface area contributed by atoms with E-state index in [1.54, 1.807) is 6.07 Å². The molecule has 5 aromatic rings. The van der Waals surface area contributed by atoms with E-state index >= 15 is 0 Å². The second-order valence-corrected chi connectivity index (χ2v) is 5.39. The lowest BCUT2D eigenvalue weighted by Gasteiger charge is -1.99. The fourth-order valence-electron chi connectivity index (χ4n) is 3.01. The maximum atomic E-state index is 11.8. The third-order valence-electron chi connectivity index (χ3n) is 4.07. The molecule has 0 bridgehead atoms. The van der Waals surface area contributed by atoms with E-state index in [2.05, 4.69) is 12.1 Å². The van der Waals surface area contributed by atoms with Crippen molar-refractivity contribution in [3.8, 4) is 0 Å². The van der Waals surface area contributed by atoms with Crippen molar-refractivity contribution in [1.82, 2.24) is 9.38 Å². The van der Waals surface area contributed by atoms with Crippen molar-refractivity contribution < 1.29 is 4.42 Å². The van der Waals surface area contributed by atoms with Crippen LogP contribution in [0.25, 0.3) is 38.1 Å². The molecule has 0 fully saturated rings. The van der Waals surface area contributed by atoms with Crippen LogP contribution in [-0.4, -0.2) is 9.38 Å². The first-order valence-electron chi connectivity index (χ1n) is 7.01. The molecule has 22 heavy (non-hydrogen) atoms. The fraction of sp³-hybridized carbons (Fsp3) is 0. The minimum atomic E-state index is -0.324. The van der Waals surface area contributed by atoms with Crippen molar-refractivity contribution in [3.63, 3.8) is 0 Å². The molecular weight excluding hydrogens is 276 g/mol. The number of aromatic nitrogens is 2. The summed E-state index contributed by atoms with van der Waals surface area (Å²) in [6.07, 6.45) is 5.23. The van der Waals surface area contributed by atoms with Crippen LogP contribution in [0.2, 0.25) is 0 Å². The Bertz CT molecular complexity index is 1250. The van der Waals surface area contributed by atoms with Gasteiger partial charge in [-0.2, -0.15) is 0 Å². The average molecular weight is 286 g/mol. The fourth-order valence-corrected chi connectivity index (χ4v) is 3.01. The quantitative estimate of drug-likeness (QED) is 0.435. The molecule has 0 unspecified atom stereocenters. The van der Waals surface area contributed by atoms with Gasteiger partial charge in [-0.15, -0.1) is 0 Å². The predicted octanol–water partition coefficient (Wildman–Crippen LogP) is 3.75. The Kier molecular flexibility index (Phi) is 2.07. The van der Waals surface area contributed by atoms with E-state index in [1.165, 1.54) is 6.26 Å². The molecule has 4 heteroatoms. The number of hydrogen-bond donors (Lipinski definition) is 0. The summed E-state index contributed by atoms with van der Waals surface area (Å²) in [7, 11) is 0. The monoisotopic (exact) mass is 286 g/mol. The number of para-hydroxylation sites is 1. The zero-order valence-electron chi connectivity index (χ0n) is 11.5. The molecule has 1 aromatic carbocycles. The van der Waals surface area contributed by atoms with Gasteiger partial charge in [0, 0.05) is 23.2 Å². The van der Waals surface area contributed by atoms with E-state index in [4.69, 9.17) is 9.40 Å². The highest BCUT2D eigenvalue weighted by molar-refractivity contribution is 6.03. The molecule has 5 rings (SSSR count). The average Bonchev–Trinajstić information content (AvgIpc) is 2.88. The van der Waals surface area contributed by atoms with Crippen LogP contribution in [-0.2, 0) is 0 Å². The molecule has 0 radical (unpaired) electrons. The molecule has 104 valence electrons. The number of rotatable bonds is 0. The molecule has 0 aliphatic heterocycles. The van der Waals surface area contributed by atoms with Gasteiger partial charge in [0.05, 0.1) is 28.2 Å². The zero-order valence-corrected chi connectivity index (χ0v) is 11.5. The molecule has 0 spiro atoms. The van der Waals surface area contributed by atoms with E-state index in [0.29, 0.717) is 5.39 Å². The van der Waals surface area contributed by atoms with Crippen molar-refractivity contribution in [2.24, 2.45) is 0 Å². The molecule has 4 nitrogen and oxygen atoms in total. The summed E-state index contributed by atoms with van der Waals surface area (Å²) in [4.78, 5) is 16.6. The van der Waals surface area contributed by atoms with E-state index in [-0.39, 0.29) is 5.63 Å². The summed E-state index contributed by atoms with van der Waals surface area (Å²) in [6, 6.07) is 14.0. The van der Waals surface area contributed by atoms with E-state index in [9.17, 15) is 4.79 Å². The second kappa shape index (κ2) is 3.95. The van der Waals surface area contributed by atoms with Crippen LogP contribution in [0, 0.1) is 0 Å². The van der Waals surface area contributed by atoms with Gasteiger partial charge in [0.25, 0.3) is 0 Å². The number of fused-ring (bicyclic) bond motifs is 5. The SMILES string of the molecule is O=c1occc2cc3c4nc5ccccc5cc4cn3cc12. The van der Waals surface area contributed by atoms with Crippen molar-refractivity contribution in [2.75, 3.05) is 0 Å². The van der Waals surface area contributed by atoms with Crippen LogP contribution >= 0.6 is 0 Å². The van der Waals surface area contributed by atoms with Gasteiger partial charge in [0.15, 0.2) is 0 Å². The third kappa shape index (κ3) is 1.46. The van der Waals surface area contributed by atoms with E-state index in [1.807, 2.05) is 41.1 Å². The Balaban J connectivity index is 2.02. The van der Waals surface area contributed by atoms with Gasteiger partial charge in [0.2, 0.25) is 0 Å². The van der Waals surface area contributed by atoms with Gasteiger partial charge in [-0.25, -0.2) is 9.78 Å². The summed E-state index contributed by atoms with van der Waals surface area (Å²) >= 11 is 0. The molecule has 4 aromatic heterocycles. The first kappa shape index (κ1) is 11.5. The molecular formula is C18H10N2O2. The van der Waals surface area contributed by atoms with Crippen molar-refractivity contribution >= 4 is 38.1 Å². The van der Waals surface area contributed by atoms with E-state index in [0.717, 1.165) is 32.7 Å². The Hall–Kier alpha value is -3.14. The van der Waals surface area contributed by atoms with Crippen molar-refractivity contribution in [3.05, 3.63) is 71.5 Å². The standard InChI is InChI=1S/C18H10N2O2/c21-18-14-10-20-9-13-7-12-3-1-2-4-15(12)19-17(13)16(20)8-11(14)5-6-22-18/h1-10H. The molecule has 0 aliphatic carbocycles. The van der Waals surface area contributed by atoms with Crippen LogP contribution < -0.4 is 5.63 Å². The molecule has 0 saturated heterocycles. The van der Waals surface area contributed by atoms with Crippen molar-refractivity contribution in [1.29, 1.82) is 0 Å². The van der Waals surface area contributed by atoms with Gasteiger partial charge >= 0.3 is 5.63 Å². The Morgan fingerprint density at radius 3 is 2.82 bits per heavy atom. The van der Waals surface area contributed by atoms with E-state index < -0.39 is 0 Å². The number of nitrogens with zero attached hydrogens (tertiary/aromatic N) is 2. The van der Waals surface area contributed by atoms with Gasteiger partial charge in [-0.05, 0) is 29.7 Å². The number of hydrogen-bond acceptors (Lipinski definition) is 3. The zero-order chi connectivity index (χ0) is 14.7. The molecule has 4 heterocycles. The van der Waals surface area contributed by atoms with Crippen LogP contribution in [0.1, 0.15) is 0 Å². The van der Waals surface area contributed by atoms with Gasteiger partial charge < -0.3 is 8.82 Å². The molecule has 0 saturated carbocycles. The minimum absolute atomic E-state index is 0.324. The lowest BCUT2D eigenvalue weighted by Crippen LogP contribution is -1.99. The summed E-state index contributed by atoms with van der Waals surface area (Å²) in [5, 5.41) is 3.59. The highest BCUT2D eigenvalue weighted by Crippen LogP contribution is 2.26. The minimum Gasteiger partial charge on any atom is -0.431 e. The first-order valence-corrected chi connectivity index (χ1v) is 7.01. The topological polar surface area (TPSA) is 47.5 Å². The van der Waals surface area contributed by atoms with Gasteiger partial charge in [-0.3, -0.25) is 0 Å². The number of benzene rings is 1. The highest BCUT2D eigenvalue weighted by atomic mass is 16.4. The Morgan fingerprint density at radius 1 is 0.955 bits per heavy atom. The van der Waals surface area contributed by atoms with Gasteiger partial charge in [0.1, 0.15) is 0 Å². The molecule has 0 atom stereocenters. The van der Waals surface area contributed by atoms with Crippen LogP contribution in [0.4, 0.5) is 0 Å². The summed E-state index contributed by atoms with van der Waals surface area (Å²) in [6.45, 7) is 0. The third-order valence-corrected chi connectivity index (χ3v) is 4.07. The highest BCUT2D eigenvalue weighted by Gasteiger charge is 2.09. The van der Waals surface area contributed by atoms with Crippen molar-refractivity contribution in [2.45, 2.75) is 0 Å². The van der Waals surface area contributed by atoms with Crippen LogP contribution in [0.5, 0.6) is 0 Å². The lowest BCUT2D eigenvalue weighted by molar-refractivity contribution is 0.519. The largest absolute Gasteiger partial charge is 0.431 e. The normalized spacial score (nSPS) is 11.8. The van der Waals surface area contributed by atoms with Crippen LogP contribution in [0.3, 0.4) is 0 Å². The summed E-state index contributed by atoms with van der Waals surface area (Å²) < 4.78 is 6.88. The Labute approximate surface area is 124 Å². The summed E-state index contributed by atoms with van der Waals surface area (Å²) in [5.41, 5.74) is 2.57. The molecule has 0 N–H and O–H groups in total. The predicted molar refractivity (Wildman–Crippen MR) is 86.2 cm³/mol.